The van der Waals surface area contributed by atoms with E-state index in [0.29, 0.717) is 0 Å². The van der Waals surface area contributed by atoms with Crippen molar-refractivity contribution >= 4 is 17.9 Å². The molecule has 0 spiro atoms. The van der Waals surface area contributed by atoms with Gasteiger partial charge in [-0.15, -0.1) is 5.10 Å². The largest absolute Gasteiger partial charge is 0.288 e. The van der Waals surface area contributed by atoms with Crippen LogP contribution in [0.3, 0.4) is 0 Å². The molecule has 0 aliphatic carbocycles. The van der Waals surface area contributed by atoms with Gasteiger partial charge in [-0.3, -0.25) is 15.1 Å². The lowest BCUT2D eigenvalue weighted by Gasteiger charge is -1.93. The monoisotopic (exact) mass is 216 g/mol. The molecule has 0 bridgehead atoms. The zero-order valence-corrected chi connectivity index (χ0v) is 8.16. The van der Waals surface area contributed by atoms with Gasteiger partial charge in [0.25, 0.3) is 11.9 Å². The van der Waals surface area contributed by atoms with E-state index in [-0.39, 0.29) is 11.9 Å². The van der Waals surface area contributed by atoms with Gasteiger partial charge in [-0.05, 0) is 29.0 Å². The molecule has 2 rings (SSSR count). The van der Waals surface area contributed by atoms with E-state index in [9.17, 15) is 4.79 Å². The predicted molar refractivity (Wildman–Crippen MR) is 56.1 cm³/mol. The smallest absolute Gasteiger partial charge is 0.270 e. The van der Waals surface area contributed by atoms with Crippen LogP contribution in [0.1, 0.15) is 5.56 Å². The predicted octanol–water partition coefficient (Wildman–Crippen LogP) is 0.247. The Labute approximate surface area is 90.6 Å². The van der Waals surface area contributed by atoms with Crippen molar-refractivity contribution in [3.63, 3.8) is 0 Å². The fourth-order valence-corrected chi connectivity index (χ4v) is 1.01. The Morgan fingerprint density at radius 3 is 2.88 bits per heavy atom. The molecule has 2 N–H and O–H groups in total. The Morgan fingerprint density at radius 1 is 1.38 bits per heavy atom. The van der Waals surface area contributed by atoms with Gasteiger partial charge in [0.05, 0.1) is 0 Å². The zero-order valence-electron chi connectivity index (χ0n) is 8.16. The van der Waals surface area contributed by atoms with E-state index in [2.05, 4.69) is 30.9 Å². The Hall–Kier alpha value is -2.57. The van der Waals surface area contributed by atoms with Crippen LogP contribution in [0.2, 0.25) is 0 Å². The maximum absolute atomic E-state index is 11.3. The molecular formula is C9H8N6O. The number of anilines is 1. The van der Waals surface area contributed by atoms with Crippen LogP contribution < -0.4 is 5.32 Å². The lowest BCUT2D eigenvalue weighted by Crippen LogP contribution is -2.09. The Kier molecular flexibility index (Phi) is 2.98. The molecule has 0 aliphatic rings. The first kappa shape index (κ1) is 9.97. The highest BCUT2D eigenvalue weighted by molar-refractivity contribution is 6.00. The molecule has 0 atom stereocenters. The van der Waals surface area contributed by atoms with Gasteiger partial charge in [0.2, 0.25) is 0 Å². The summed E-state index contributed by atoms with van der Waals surface area (Å²) >= 11 is 0. The topological polar surface area (TPSA) is 96.5 Å². The standard InChI is InChI=1S/C9H8N6O/c16-8(11-9-12-14-15-13-9)2-1-7-3-5-10-6-4-7/h1-6H,(H2,11,12,13,14,15,16). The molecule has 0 aromatic carbocycles. The van der Waals surface area contributed by atoms with Gasteiger partial charge in [-0.1, -0.05) is 5.10 Å². The maximum atomic E-state index is 11.3. The fourth-order valence-electron chi connectivity index (χ4n) is 1.01. The molecule has 0 saturated heterocycles. The van der Waals surface area contributed by atoms with Crippen LogP contribution in [0.5, 0.6) is 0 Å². The summed E-state index contributed by atoms with van der Waals surface area (Å²) in [5.41, 5.74) is 0.887. The maximum Gasteiger partial charge on any atom is 0.270 e. The zero-order chi connectivity index (χ0) is 11.2. The molecule has 7 nitrogen and oxygen atoms in total. The summed E-state index contributed by atoms with van der Waals surface area (Å²) in [5.74, 6) is -0.178. The van der Waals surface area contributed by atoms with Gasteiger partial charge in [0, 0.05) is 18.5 Å². The quantitative estimate of drug-likeness (QED) is 0.716. The molecule has 16 heavy (non-hydrogen) atoms. The molecule has 80 valence electrons. The number of carbonyl (C=O) groups is 1. The molecule has 0 unspecified atom stereocenters. The summed E-state index contributed by atoms with van der Waals surface area (Å²) in [4.78, 5) is 15.2. The highest BCUT2D eigenvalue weighted by Crippen LogP contribution is 1.99. The van der Waals surface area contributed by atoms with Gasteiger partial charge in [0.15, 0.2) is 0 Å². The number of nitrogens with one attached hydrogen (secondary N) is 2. The first-order valence-electron chi connectivity index (χ1n) is 4.47. The Balaban J connectivity index is 1.95. The number of hydrogen-bond donors (Lipinski definition) is 2. The van der Waals surface area contributed by atoms with Gasteiger partial charge in [-0.25, -0.2) is 0 Å². The van der Waals surface area contributed by atoms with Crippen molar-refractivity contribution in [1.29, 1.82) is 0 Å². The first-order valence-corrected chi connectivity index (χ1v) is 4.47. The molecule has 7 heteroatoms. The van der Waals surface area contributed by atoms with Crippen molar-refractivity contribution in [3.8, 4) is 0 Å². The number of rotatable bonds is 3. The summed E-state index contributed by atoms with van der Waals surface area (Å²) in [7, 11) is 0. The molecule has 1 amide bonds. The summed E-state index contributed by atoms with van der Waals surface area (Å²) < 4.78 is 0. The molecular weight excluding hydrogens is 208 g/mol. The van der Waals surface area contributed by atoms with Crippen LogP contribution >= 0.6 is 0 Å². The number of hydrogen-bond acceptors (Lipinski definition) is 5. The minimum Gasteiger partial charge on any atom is -0.288 e. The molecule has 0 saturated carbocycles. The molecule has 2 aromatic heterocycles. The SMILES string of the molecule is O=C(C=Cc1ccncc1)Nc1nn[nH]n1. The third kappa shape index (κ3) is 2.71. The average molecular weight is 216 g/mol. The van der Waals surface area contributed by atoms with Crippen LogP contribution in [0.25, 0.3) is 6.08 Å². The number of nitrogens with zero attached hydrogens (tertiary/aromatic N) is 4. The second-order valence-corrected chi connectivity index (χ2v) is 2.84. The van der Waals surface area contributed by atoms with Crippen molar-refractivity contribution < 1.29 is 4.79 Å². The van der Waals surface area contributed by atoms with E-state index in [0.717, 1.165) is 5.56 Å². The summed E-state index contributed by atoms with van der Waals surface area (Å²) in [6.45, 7) is 0. The number of aromatic amines is 1. The summed E-state index contributed by atoms with van der Waals surface area (Å²) in [6, 6.07) is 3.58. The van der Waals surface area contributed by atoms with E-state index in [1.165, 1.54) is 6.08 Å². The van der Waals surface area contributed by atoms with Crippen molar-refractivity contribution in [2.24, 2.45) is 0 Å². The number of amides is 1. The second kappa shape index (κ2) is 4.78. The van der Waals surface area contributed by atoms with E-state index in [1.807, 2.05) is 0 Å². The number of aromatic nitrogens is 5. The van der Waals surface area contributed by atoms with E-state index in [1.54, 1.807) is 30.6 Å². The third-order valence-electron chi connectivity index (χ3n) is 1.71. The fraction of sp³-hybridized carbons (Fsp3) is 0. The van der Waals surface area contributed by atoms with Crippen molar-refractivity contribution in [2.45, 2.75) is 0 Å². The van der Waals surface area contributed by atoms with Gasteiger partial charge in [-0.2, -0.15) is 5.21 Å². The molecule has 0 aliphatic heterocycles. The van der Waals surface area contributed by atoms with Crippen LogP contribution in [0, 0.1) is 0 Å². The number of carbonyl (C=O) groups excluding carboxylic acids is 1. The van der Waals surface area contributed by atoms with E-state index in [4.69, 9.17) is 0 Å². The first-order chi connectivity index (χ1) is 7.84. The number of tetrazole rings is 1. The van der Waals surface area contributed by atoms with Crippen LogP contribution in [-0.4, -0.2) is 31.5 Å². The Morgan fingerprint density at radius 2 is 2.19 bits per heavy atom. The van der Waals surface area contributed by atoms with Gasteiger partial charge in [0.1, 0.15) is 0 Å². The van der Waals surface area contributed by atoms with Crippen molar-refractivity contribution in [2.75, 3.05) is 5.32 Å². The highest BCUT2D eigenvalue weighted by Gasteiger charge is 2.00. The summed E-state index contributed by atoms with van der Waals surface area (Å²) in [5, 5.41) is 15.2. The molecule has 0 radical (unpaired) electrons. The molecule has 2 heterocycles. The minimum atomic E-state index is -0.321. The van der Waals surface area contributed by atoms with Crippen LogP contribution in [-0.2, 0) is 4.79 Å². The second-order valence-electron chi connectivity index (χ2n) is 2.84. The normalized spacial score (nSPS) is 10.5. The van der Waals surface area contributed by atoms with Gasteiger partial charge < -0.3 is 0 Å². The number of pyridine rings is 1. The Bertz CT molecular complexity index is 478. The van der Waals surface area contributed by atoms with E-state index < -0.39 is 0 Å². The summed E-state index contributed by atoms with van der Waals surface area (Å²) in [6.07, 6.45) is 6.34. The van der Waals surface area contributed by atoms with Crippen LogP contribution in [0.15, 0.2) is 30.6 Å². The van der Waals surface area contributed by atoms with Gasteiger partial charge >= 0.3 is 0 Å². The van der Waals surface area contributed by atoms with Crippen molar-refractivity contribution in [1.82, 2.24) is 25.6 Å². The average Bonchev–Trinajstić information content (AvgIpc) is 2.81. The van der Waals surface area contributed by atoms with Crippen molar-refractivity contribution in [3.05, 3.63) is 36.2 Å². The van der Waals surface area contributed by atoms with E-state index >= 15 is 0 Å². The molecule has 2 aromatic rings. The molecule has 0 fully saturated rings. The lowest BCUT2D eigenvalue weighted by atomic mass is 10.2. The highest BCUT2D eigenvalue weighted by atomic mass is 16.1. The minimum absolute atomic E-state index is 0.143. The van der Waals surface area contributed by atoms with Crippen LogP contribution in [0.4, 0.5) is 5.95 Å². The number of H-pyrrole nitrogens is 1. The third-order valence-corrected chi connectivity index (χ3v) is 1.71. The lowest BCUT2D eigenvalue weighted by molar-refractivity contribution is -0.111.